The zero-order valence-corrected chi connectivity index (χ0v) is 16.4. The lowest BCUT2D eigenvalue weighted by Gasteiger charge is -2.37. The number of piperazine rings is 1. The molecular weight excluding hydrogens is 324 g/mol. The Morgan fingerprint density at radius 2 is 1.73 bits per heavy atom. The van der Waals surface area contributed by atoms with Crippen molar-refractivity contribution in [3.05, 3.63) is 47.3 Å². The van der Waals surface area contributed by atoms with Crippen LogP contribution in [0.2, 0.25) is 0 Å². The fourth-order valence-electron chi connectivity index (χ4n) is 3.59. The molecule has 1 aliphatic heterocycles. The first-order chi connectivity index (χ1) is 12.4. The van der Waals surface area contributed by atoms with E-state index in [1.807, 2.05) is 16.5 Å². The number of carbonyl (C=O) groups is 1. The summed E-state index contributed by atoms with van der Waals surface area (Å²) in [6.45, 7) is 12.2. The molecule has 1 aromatic heterocycles. The van der Waals surface area contributed by atoms with Gasteiger partial charge in [-0.2, -0.15) is 5.10 Å². The number of aromatic nitrogens is 2. The first kappa shape index (κ1) is 18.6. The van der Waals surface area contributed by atoms with Crippen LogP contribution in [-0.4, -0.2) is 57.7 Å². The summed E-state index contributed by atoms with van der Waals surface area (Å²) in [4.78, 5) is 16.9. The number of nitrogens with zero attached hydrogens (tertiary/aromatic N) is 4. The molecule has 1 aliphatic rings. The summed E-state index contributed by atoms with van der Waals surface area (Å²) in [5.74, 6) is 0.274. The second-order valence-corrected chi connectivity index (χ2v) is 7.52. The number of rotatable bonds is 5. The van der Waals surface area contributed by atoms with Gasteiger partial charge in [-0.15, -0.1) is 0 Å². The number of amides is 1. The molecule has 26 heavy (non-hydrogen) atoms. The molecule has 0 bridgehead atoms. The minimum Gasteiger partial charge on any atom is -0.340 e. The van der Waals surface area contributed by atoms with E-state index in [1.54, 1.807) is 0 Å². The number of hydrogen-bond acceptors (Lipinski definition) is 3. The van der Waals surface area contributed by atoms with Crippen molar-refractivity contribution in [2.75, 3.05) is 26.2 Å². The molecule has 5 heteroatoms. The van der Waals surface area contributed by atoms with Crippen molar-refractivity contribution in [1.29, 1.82) is 0 Å². The van der Waals surface area contributed by atoms with Crippen LogP contribution in [0, 0.1) is 13.8 Å². The lowest BCUT2D eigenvalue weighted by molar-refractivity contribution is -0.133. The molecule has 0 unspecified atom stereocenters. The molecule has 5 nitrogen and oxygen atoms in total. The molecule has 0 N–H and O–H groups in total. The van der Waals surface area contributed by atoms with E-state index in [9.17, 15) is 4.79 Å². The third-order valence-corrected chi connectivity index (χ3v) is 5.22. The summed E-state index contributed by atoms with van der Waals surface area (Å²) in [7, 11) is 0. The normalized spacial score (nSPS) is 15.7. The molecular formula is C21H30N4O. The van der Waals surface area contributed by atoms with Crippen LogP contribution in [0.5, 0.6) is 0 Å². The van der Waals surface area contributed by atoms with Crippen LogP contribution in [0.25, 0.3) is 5.69 Å². The standard InChI is InChI=1S/C21H30N4O/c1-16(2)23-11-13-24(14-12-23)21(26)10-7-19-5-8-20(9-6-19)25-18(4)15-17(3)22-25/h5-6,8-9,15-16H,7,10-14H2,1-4H3. The molecule has 0 radical (unpaired) electrons. The van der Waals surface area contributed by atoms with Crippen molar-refractivity contribution >= 4 is 5.91 Å². The third kappa shape index (κ3) is 4.33. The molecule has 3 rings (SSSR count). The molecule has 2 heterocycles. The van der Waals surface area contributed by atoms with Gasteiger partial charge in [0.1, 0.15) is 0 Å². The number of aryl methyl sites for hydroxylation is 3. The highest BCUT2D eigenvalue weighted by atomic mass is 16.2. The van der Waals surface area contributed by atoms with Crippen molar-refractivity contribution < 1.29 is 4.79 Å². The van der Waals surface area contributed by atoms with Crippen LogP contribution in [0.15, 0.2) is 30.3 Å². The smallest absolute Gasteiger partial charge is 0.222 e. The summed E-state index contributed by atoms with van der Waals surface area (Å²) >= 11 is 0. The minimum absolute atomic E-state index is 0.274. The van der Waals surface area contributed by atoms with Crippen molar-refractivity contribution in [3.63, 3.8) is 0 Å². The van der Waals surface area contributed by atoms with E-state index in [4.69, 9.17) is 0 Å². The van der Waals surface area contributed by atoms with E-state index in [0.29, 0.717) is 12.5 Å². The van der Waals surface area contributed by atoms with Gasteiger partial charge < -0.3 is 4.90 Å². The van der Waals surface area contributed by atoms with E-state index >= 15 is 0 Å². The van der Waals surface area contributed by atoms with E-state index in [2.05, 4.69) is 61.1 Å². The lowest BCUT2D eigenvalue weighted by atomic mass is 10.1. The number of carbonyl (C=O) groups excluding carboxylic acids is 1. The average molecular weight is 354 g/mol. The second-order valence-electron chi connectivity index (χ2n) is 7.52. The molecule has 0 saturated carbocycles. The predicted molar refractivity (Wildman–Crippen MR) is 105 cm³/mol. The molecule has 140 valence electrons. The summed E-state index contributed by atoms with van der Waals surface area (Å²) in [5, 5.41) is 4.52. The van der Waals surface area contributed by atoms with Gasteiger partial charge in [0.25, 0.3) is 0 Å². The van der Waals surface area contributed by atoms with Crippen LogP contribution in [0.1, 0.15) is 37.2 Å². The Balaban J connectivity index is 1.52. The molecule has 1 amide bonds. The zero-order chi connectivity index (χ0) is 18.7. The SMILES string of the molecule is Cc1cc(C)n(-c2ccc(CCC(=O)N3CCN(C(C)C)CC3)cc2)n1. The van der Waals surface area contributed by atoms with Crippen molar-refractivity contribution in [3.8, 4) is 5.69 Å². The summed E-state index contributed by atoms with van der Waals surface area (Å²) < 4.78 is 1.96. The highest BCUT2D eigenvalue weighted by molar-refractivity contribution is 5.76. The average Bonchev–Trinajstić information content (AvgIpc) is 2.98. The lowest BCUT2D eigenvalue weighted by Crippen LogP contribution is -2.50. The van der Waals surface area contributed by atoms with Crippen LogP contribution in [0.3, 0.4) is 0 Å². The van der Waals surface area contributed by atoms with Gasteiger partial charge in [-0.25, -0.2) is 4.68 Å². The Labute approximate surface area is 156 Å². The monoisotopic (exact) mass is 354 g/mol. The molecule has 1 saturated heterocycles. The Morgan fingerprint density at radius 1 is 1.08 bits per heavy atom. The zero-order valence-electron chi connectivity index (χ0n) is 16.4. The molecule has 0 spiro atoms. The van der Waals surface area contributed by atoms with Gasteiger partial charge in [0, 0.05) is 44.3 Å². The van der Waals surface area contributed by atoms with Crippen LogP contribution in [0.4, 0.5) is 0 Å². The Morgan fingerprint density at radius 3 is 2.27 bits per heavy atom. The predicted octanol–water partition coefficient (Wildman–Crippen LogP) is 2.97. The van der Waals surface area contributed by atoms with E-state index in [-0.39, 0.29) is 5.91 Å². The summed E-state index contributed by atoms with van der Waals surface area (Å²) in [6.07, 6.45) is 1.38. The van der Waals surface area contributed by atoms with Crippen molar-refractivity contribution in [2.45, 2.75) is 46.6 Å². The first-order valence-electron chi connectivity index (χ1n) is 9.58. The van der Waals surface area contributed by atoms with E-state index < -0.39 is 0 Å². The van der Waals surface area contributed by atoms with Crippen molar-refractivity contribution in [2.24, 2.45) is 0 Å². The molecule has 0 aliphatic carbocycles. The van der Waals surface area contributed by atoms with Gasteiger partial charge in [-0.05, 0) is 57.9 Å². The largest absolute Gasteiger partial charge is 0.340 e. The molecule has 1 aromatic carbocycles. The Bertz CT molecular complexity index is 740. The minimum atomic E-state index is 0.274. The first-order valence-corrected chi connectivity index (χ1v) is 9.58. The van der Waals surface area contributed by atoms with Crippen LogP contribution < -0.4 is 0 Å². The Kier molecular flexibility index (Phi) is 5.77. The quantitative estimate of drug-likeness (QED) is 0.829. The van der Waals surface area contributed by atoms with Gasteiger partial charge in [0.2, 0.25) is 5.91 Å². The van der Waals surface area contributed by atoms with Crippen LogP contribution >= 0.6 is 0 Å². The van der Waals surface area contributed by atoms with E-state index in [1.165, 1.54) is 5.56 Å². The van der Waals surface area contributed by atoms with E-state index in [0.717, 1.165) is 49.7 Å². The Hall–Kier alpha value is -2.14. The fraction of sp³-hybridized carbons (Fsp3) is 0.524. The molecule has 1 fully saturated rings. The number of hydrogen-bond donors (Lipinski definition) is 0. The third-order valence-electron chi connectivity index (χ3n) is 5.22. The van der Waals surface area contributed by atoms with Gasteiger partial charge in [-0.1, -0.05) is 12.1 Å². The van der Waals surface area contributed by atoms with Gasteiger partial charge >= 0.3 is 0 Å². The maximum Gasteiger partial charge on any atom is 0.222 e. The molecule has 2 aromatic rings. The van der Waals surface area contributed by atoms with Crippen LogP contribution in [-0.2, 0) is 11.2 Å². The summed E-state index contributed by atoms with van der Waals surface area (Å²) in [5.41, 5.74) is 4.42. The van der Waals surface area contributed by atoms with Gasteiger partial charge in [0.15, 0.2) is 0 Å². The van der Waals surface area contributed by atoms with Gasteiger partial charge in [0.05, 0.1) is 11.4 Å². The molecule has 0 atom stereocenters. The fourth-order valence-corrected chi connectivity index (χ4v) is 3.59. The van der Waals surface area contributed by atoms with Crippen molar-refractivity contribution in [1.82, 2.24) is 19.6 Å². The summed E-state index contributed by atoms with van der Waals surface area (Å²) in [6, 6.07) is 11.0. The van der Waals surface area contributed by atoms with Gasteiger partial charge in [-0.3, -0.25) is 9.69 Å². The topological polar surface area (TPSA) is 41.4 Å². The second kappa shape index (κ2) is 8.04. The maximum absolute atomic E-state index is 12.5. The maximum atomic E-state index is 12.5. The number of benzene rings is 1. The highest BCUT2D eigenvalue weighted by Crippen LogP contribution is 2.15. The highest BCUT2D eigenvalue weighted by Gasteiger charge is 2.22.